The lowest BCUT2D eigenvalue weighted by atomic mass is 10.0. The number of sulfonamides is 1. The number of amides is 1. The number of rotatable bonds is 13. The zero-order chi connectivity index (χ0) is 30.4. The number of para-hydroxylation sites is 1. The molecule has 0 saturated heterocycles. The summed E-state index contributed by atoms with van der Waals surface area (Å²) in [6.45, 7) is 7.25. The number of nitrogens with zero attached hydrogens (tertiary/aromatic N) is 2. The zero-order valence-electron chi connectivity index (χ0n) is 24.3. The van der Waals surface area contributed by atoms with Gasteiger partial charge in [-0.3, -0.25) is 4.79 Å². The third-order valence-corrected chi connectivity index (χ3v) is 8.76. The summed E-state index contributed by atoms with van der Waals surface area (Å²) in [6, 6.07) is 18.7. The van der Waals surface area contributed by atoms with E-state index in [2.05, 4.69) is 10.5 Å². The summed E-state index contributed by atoms with van der Waals surface area (Å²) in [4.78, 5) is 13.1. The minimum atomic E-state index is -4.06. The fourth-order valence-corrected chi connectivity index (χ4v) is 6.47. The Kier molecular flexibility index (Phi) is 9.87. The molecule has 0 fully saturated rings. The number of carbonyl (C=O) groups excluding carboxylic acids is 1. The molecule has 4 aromatic rings. The molecular formula is C31H38N4O6S. The molecule has 1 heterocycles. The third-order valence-electron chi connectivity index (χ3n) is 6.93. The Bertz CT molecular complexity index is 1600. The first kappa shape index (κ1) is 31.0. The lowest BCUT2D eigenvalue weighted by molar-refractivity contribution is -0.124. The molecule has 4 N–H and O–H groups in total. The largest absolute Gasteiger partial charge is 0.483 e. The van der Waals surface area contributed by atoms with E-state index in [0.717, 1.165) is 16.7 Å². The summed E-state index contributed by atoms with van der Waals surface area (Å²) < 4.78 is 39.8. The average molecular weight is 595 g/mol. The molecule has 1 amide bonds. The normalized spacial score (nSPS) is 13.4. The SMILES string of the molecule is Cc1cccc(C)c1OCC(=O)NC(Cc1ccccc1)C(O)CN(CC(C)C)S(=O)(=O)c1ccc2onc(N)c2c1. The maximum Gasteiger partial charge on any atom is 0.258 e. The number of hydrogen-bond acceptors (Lipinski definition) is 8. The number of aryl methyl sites for hydroxylation is 2. The van der Waals surface area contributed by atoms with E-state index in [1.54, 1.807) is 0 Å². The first-order chi connectivity index (χ1) is 20.0. The molecule has 3 aromatic carbocycles. The van der Waals surface area contributed by atoms with Gasteiger partial charge in [0.1, 0.15) is 5.75 Å². The minimum absolute atomic E-state index is 0.00314. The fraction of sp³-hybridized carbons (Fsp3) is 0.355. The molecule has 0 spiro atoms. The van der Waals surface area contributed by atoms with Crippen molar-refractivity contribution in [1.29, 1.82) is 0 Å². The molecule has 0 saturated carbocycles. The molecule has 224 valence electrons. The summed E-state index contributed by atoms with van der Waals surface area (Å²) in [6.07, 6.45) is -0.942. The van der Waals surface area contributed by atoms with Crippen LogP contribution < -0.4 is 15.8 Å². The van der Waals surface area contributed by atoms with Crippen LogP contribution in [0.4, 0.5) is 5.82 Å². The van der Waals surface area contributed by atoms with E-state index in [0.29, 0.717) is 16.7 Å². The molecule has 1 aromatic heterocycles. The van der Waals surface area contributed by atoms with E-state index in [1.807, 2.05) is 76.2 Å². The Hall–Kier alpha value is -3.93. The van der Waals surface area contributed by atoms with Gasteiger partial charge >= 0.3 is 0 Å². The van der Waals surface area contributed by atoms with Crippen molar-refractivity contribution in [2.75, 3.05) is 25.4 Å². The van der Waals surface area contributed by atoms with Crippen molar-refractivity contribution >= 4 is 32.7 Å². The van der Waals surface area contributed by atoms with Crippen LogP contribution in [0.3, 0.4) is 0 Å². The average Bonchev–Trinajstić information content (AvgIpc) is 3.32. The number of nitrogens with one attached hydrogen (secondary N) is 1. The molecule has 2 unspecified atom stereocenters. The monoisotopic (exact) mass is 594 g/mol. The maximum absolute atomic E-state index is 13.8. The third kappa shape index (κ3) is 7.47. The van der Waals surface area contributed by atoms with Crippen molar-refractivity contribution in [1.82, 2.24) is 14.8 Å². The second kappa shape index (κ2) is 13.4. The van der Waals surface area contributed by atoms with E-state index in [-0.39, 0.29) is 42.7 Å². The highest BCUT2D eigenvalue weighted by atomic mass is 32.2. The number of carbonyl (C=O) groups is 1. The fourth-order valence-electron chi connectivity index (χ4n) is 4.82. The predicted molar refractivity (Wildman–Crippen MR) is 162 cm³/mol. The van der Waals surface area contributed by atoms with Crippen molar-refractivity contribution in [2.45, 2.75) is 51.2 Å². The van der Waals surface area contributed by atoms with Gasteiger partial charge in [0.2, 0.25) is 10.0 Å². The van der Waals surface area contributed by atoms with Crippen molar-refractivity contribution in [3.05, 3.63) is 83.4 Å². The summed E-state index contributed by atoms with van der Waals surface area (Å²) in [5.41, 5.74) is 8.92. The number of nitrogen functional groups attached to an aromatic ring is 1. The molecule has 0 aliphatic heterocycles. The van der Waals surface area contributed by atoms with Gasteiger partial charge in [-0.05, 0) is 61.1 Å². The molecule has 10 nitrogen and oxygen atoms in total. The summed E-state index contributed by atoms with van der Waals surface area (Å²) in [5.74, 6) is 0.257. The Balaban J connectivity index is 1.56. The van der Waals surface area contributed by atoms with Crippen LogP contribution in [0, 0.1) is 19.8 Å². The zero-order valence-corrected chi connectivity index (χ0v) is 25.1. The van der Waals surface area contributed by atoms with Crippen molar-refractivity contribution in [3.8, 4) is 5.75 Å². The first-order valence-corrected chi connectivity index (χ1v) is 15.2. The number of aliphatic hydroxyl groups is 1. The predicted octanol–water partition coefficient (Wildman–Crippen LogP) is 3.84. The van der Waals surface area contributed by atoms with E-state index in [1.165, 1.54) is 22.5 Å². The van der Waals surface area contributed by atoms with Gasteiger partial charge in [-0.1, -0.05) is 67.5 Å². The molecule has 11 heteroatoms. The highest BCUT2D eigenvalue weighted by molar-refractivity contribution is 7.89. The van der Waals surface area contributed by atoms with Gasteiger partial charge in [0.25, 0.3) is 5.91 Å². The molecule has 2 atom stereocenters. The highest BCUT2D eigenvalue weighted by Gasteiger charge is 2.32. The van der Waals surface area contributed by atoms with Gasteiger partial charge in [-0.25, -0.2) is 8.42 Å². The van der Waals surface area contributed by atoms with Crippen LogP contribution in [0.1, 0.15) is 30.5 Å². The molecular weight excluding hydrogens is 556 g/mol. The van der Waals surface area contributed by atoms with Crippen molar-refractivity contribution in [3.63, 3.8) is 0 Å². The summed E-state index contributed by atoms with van der Waals surface area (Å²) in [7, 11) is -4.06. The number of aliphatic hydroxyl groups excluding tert-OH is 1. The van der Waals surface area contributed by atoms with Crippen molar-refractivity contribution in [2.24, 2.45) is 5.92 Å². The summed E-state index contributed by atoms with van der Waals surface area (Å²) >= 11 is 0. The number of benzene rings is 3. The summed E-state index contributed by atoms with van der Waals surface area (Å²) in [5, 5.41) is 18.4. The van der Waals surface area contributed by atoms with E-state index >= 15 is 0 Å². The minimum Gasteiger partial charge on any atom is -0.483 e. The van der Waals surface area contributed by atoms with E-state index < -0.39 is 28.1 Å². The molecule has 0 aliphatic rings. The number of fused-ring (bicyclic) bond motifs is 1. The van der Waals surface area contributed by atoms with Gasteiger partial charge < -0.3 is 25.4 Å². The van der Waals surface area contributed by atoms with Crippen LogP contribution in [-0.4, -0.2) is 60.7 Å². The molecule has 0 bridgehead atoms. The number of aromatic nitrogens is 1. The second-order valence-corrected chi connectivity index (χ2v) is 12.8. The highest BCUT2D eigenvalue weighted by Crippen LogP contribution is 2.27. The number of anilines is 1. The molecule has 4 rings (SSSR count). The quantitative estimate of drug-likeness (QED) is 0.212. The lowest BCUT2D eigenvalue weighted by Gasteiger charge is -2.30. The second-order valence-electron chi connectivity index (χ2n) is 10.9. The van der Waals surface area contributed by atoms with Gasteiger partial charge in [-0.15, -0.1) is 0 Å². The van der Waals surface area contributed by atoms with E-state index in [9.17, 15) is 18.3 Å². The van der Waals surface area contributed by atoms with Crippen molar-refractivity contribution < 1.29 is 27.6 Å². The number of hydrogen-bond donors (Lipinski definition) is 3. The molecule has 0 radical (unpaired) electrons. The smallest absolute Gasteiger partial charge is 0.258 e. The van der Waals surface area contributed by atoms with Gasteiger partial charge in [0, 0.05) is 13.1 Å². The Morgan fingerprint density at radius 2 is 1.74 bits per heavy atom. The van der Waals surface area contributed by atoms with Crippen LogP contribution in [0.5, 0.6) is 5.75 Å². The van der Waals surface area contributed by atoms with E-state index in [4.69, 9.17) is 15.0 Å². The van der Waals surface area contributed by atoms with Crippen LogP contribution in [0.25, 0.3) is 11.0 Å². The lowest BCUT2D eigenvalue weighted by Crippen LogP contribution is -2.52. The van der Waals surface area contributed by atoms with Crippen LogP contribution in [0.15, 0.2) is 76.1 Å². The van der Waals surface area contributed by atoms with Crippen LogP contribution in [-0.2, 0) is 21.2 Å². The molecule has 42 heavy (non-hydrogen) atoms. The standard InChI is InChI=1S/C31H38N4O6S/c1-20(2)17-35(42(38,39)24-13-14-28-25(16-24)31(32)34-41-28)18-27(36)26(15-23-11-6-5-7-12-23)33-29(37)19-40-30-21(3)9-8-10-22(30)4/h5-14,16,20,26-27,36H,15,17-19H2,1-4H3,(H2,32,34)(H,33,37). The topological polar surface area (TPSA) is 148 Å². The molecule has 0 aliphatic carbocycles. The first-order valence-electron chi connectivity index (χ1n) is 13.8. The maximum atomic E-state index is 13.8. The Labute approximate surface area is 246 Å². The van der Waals surface area contributed by atoms with Gasteiger partial charge in [-0.2, -0.15) is 4.31 Å². The van der Waals surface area contributed by atoms with Crippen LogP contribution >= 0.6 is 0 Å². The Morgan fingerprint density at radius 1 is 1.05 bits per heavy atom. The Morgan fingerprint density at radius 3 is 2.40 bits per heavy atom. The number of nitrogens with two attached hydrogens (primary N) is 1. The van der Waals surface area contributed by atoms with Gasteiger partial charge in [0.15, 0.2) is 18.0 Å². The van der Waals surface area contributed by atoms with Gasteiger partial charge in [0.05, 0.1) is 22.4 Å². The van der Waals surface area contributed by atoms with Crippen LogP contribution in [0.2, 0.25) is 0 Å². The number of ether oxygens (including phenoxy) is 1.